The van der Waals surface area contributed by atoms with Crippen LogP contribution in [0.4, 0.5) is 0 Å². The molecule has 0 atom stereocenters. The number of benzene rings is 1. The van der Waals surface area contributed by atoms with E-state index in [9.17, 15) is 4.79 Å². The fraction of sp³-hybridized carbons (Fsp3) is 0.529. The van der Waals surface area contributed by atoms with Gasteiger partial charge in [-0.05, 0) is 55.6 Å². The number of amides is 1. The smallest absolute Gasteiger partial charge is 0.257 e. The van der Waals surface area contributed by atoms with Crippen molar-refractivity contribution in [2.24, 2.45) is 5.92 Å². The van der Waals surface area contributed by atoms with Crippen molar-refractivity contribution < 1.29 is 9.53 Å². The van der Waals surface area contributed by atoms with Crippen molar-refractivity contribution in [1.29, 1.82) is 0 Å². The highest BCUT2D eigenvalue weighted by molar-refractivity contribution is 7.80. The largest absolute Gasteiger partial charge is 0.494 e. The molecule has 120 valence electrons. The minimum Gasteiger partial charge on any atom is -0.494 e. The van der Waals surface area contributed by atoms with Gasteiger partial charge in [0.15, 0.2) is 5.11 Å². The van der Waals surface area contributed by atoms with E-state index < -0.39 is 0 Å². The fourth-order valence-electron chi connectivity index (χ4n) is 2.41. The van der Waals surface area contributed by atoms with E-state index >= 15 is 0 Å². The molecule has 0 aromatic heterocycles. The first-order valence-corrected chi connectivity index (χ1v) is 8.34. The van der Waals surface area contributed by atoms with E-state index in [2.05, 4.69) is 24.1 Å². The molecule has 5 heteroatoms. The molecule has 1 aliphatic heterocycles. The fourth-order valence-corrected chi connectivity index (χ4v) is 2.68. The Morgan fingerprint density at radius 1 is 1.41 bits per heavy atom. The Balaban J connectivity index is 1.92. The zero-order chi connectivity index (χ0) is 15.9. The van der Waals surface area contributed by atoms with Gasteiger partial charge in [0.25, 0.3) is 5.91 Å². The van der Waals surface area contributed by atoms with E-state index in [1.165, 1.54) is 0 Å². The number of ether oxygens (including phenoxy) is 1. The number of likely N-dealkylation sites (tertiary alicyclic amines) is 1. The van der Waals surface area contributed by atoms with Crippen LogP contribution in [0.15, 0.2) is 24.3 Å². The molecule has 1 N–H and O–H groups in total. The molecule has 0 spiro atoms. The normalized spacial score (nSPS) is 15.5. The van der Waals surface area contributed by atoms with Crippen molar-refractivity contribution in [3.05, 3.63) is 29.8 Å². The highest BCUT2D eigenvalue weighted by Gasteiger charge is 2.19. The van der Waals surface area contributed by atoms with Crippen molar-refractivity contribution >= 4 is 23.2 Å². The Kier molecular flexibility index (Phi) is 6.19. The first-order valence-electron chi connectivity index (χ1n) is 7.93. The number of carbonyl (C=O) groups excluding carboxylic acids is 1. The zero-order valence-electron chi connectivity index (χ0n) is 13.3. The molecule has 1 saturated heterocycles. The maximum atomic E-state index is 12.3. The SMILES string of the molecule is CCCOc1cccc(C(=O)NC(=S)N2CCC(C)CC2)c1. The van der Waals surface area contributed by atoms with E-state index in [1.54, 1.807) is 12.1 Å². The number of thiocarbonyl (C=S) groups is 1. The van der Waals surface area contributed by atoms with Crippen LogP contribution in [-0.2, 0) is 0 Å². The topological polar surface area (TPSA) is 41.6 Å². The second-order valence-corrected chi connectivity index (χ2v) is 6.19. The average Bonchev–Trinajstić information content (AvgIpc) is 2.53. The van der Waals surface area contributed by atoms with Gasteiger partial charge < -0.3 is 9.64 Å². The van der Waals surface area contributed by atoms with Crippen LogP contribution in [0.25, 0.3) is 0 Å². The Morgan fingerprint density at radius 2 is 2.14 bits per heavy atom. The molecule has 1 aromatic carbocycles. The van der Waals surface area contributed by atoms with Gasteiger partial charge in [-0.2, -0.15) is 0 Å². The average molecular weight is 320 g/mol. The van der Waals surface area contributed by atoms with Gasteiger partial charge in [0.1, 0.15) is 5.75 Å². The molecule has 4 nitrogen and oxygen atoms in total. The molecule has 1 aromatic rings. The van der Waals surface area contributed by atoms with Crippen LogP contribution >= 0.6 is 12.2 Å². The second kappa shape index (κ2) is 8.13. The van der Waals surface area contributed by atoms with Gasteiger partial charge in [-0.3, -0.25) is 10.1 Å². The summed E-state index contributed by atoms with van der Waals surface area (Å²) in [6.07, 6.45) is 3.18. The van der Waals surface area contributed by atoms with Crippen molar-refractivity contribution in [3.8, 4) is 5.75 Å². The Morgan fingerprint density at radius 3 is 2.82 bits per heavy atom. The zero-order valence-corrected chi connectivity index (χ0v) is 14.1. The summed E-state index contributed by atoms with van der Waals surface area (Å²) >= 11 is 5.35. The first-order chi connectivity index (χ1) is 10.6. The summed E-state index contributed by atoms with van der Waals surface area (Å²) in [7, 11) is 0. The quantitative estimate of drug-likeness (QED) is 0.865. The predicted octanol–water partition coefficient (Wildman–Crippen LogP) is 3.22. The molecular weight excluding hydrogens is 296 g/mol. The van der Waals surface area contributed by atoms with E-state index in [0.29, 0.717) is 23.0 Å². The molecule has 0 saturated carbocycles. The van der Waals surface area contributed by atoms with Crippen molar-refractivity contribution in [3.63, 3.8) is 0 Å². The lowest BCUT2D eigenvalue weighted by atomic mass is 10.00. The first kappa shape index (κ1) is 16.7. The Labute approximate surface area is 137 Å². The number of hydrogen-bond acceptors (Lipinski definition) is 3. The Hall–Kier alpha value is -1.62. The lowest BCUT2D eigenvalue weighted by Crippen LogP contribution is -2.46. The summed E-state index contributed by atoms with van der Waals surface area (Å²) in [5, 5.41) is 3.35. The highest BCUT2D eigenvalue weighted by atomic mass is 32.1. The van der Waals surface area contributed by atoms with Crippen molar-refractivity contribution in [2.75, 3.05) is 19.7 Å². The van der Waals surface area contributed by atoms with Crippen LogP contribution in [0.2, 0.25) is 0 Å². The number of piperidine rings is 1. The summed E-state index contributed by atoms with van der Waals surface area (Å²) in [6.45, 7) is 6.78. The maximum absolute atomic E-state index is 12.3. The molecule has 1 fully saturated rings. The van der Waals surface area contributed by atoms with E-state index in [4.69, 9.17) is 17.0 Å². The van der Waals surface area contributed by atoms with Crippen molar-refractivity contribution in [1.82, 2.24) is 10.2 Å². The minimum absolute atomic E-state index is 0.175. The molecule has 0 radical (unpaired) electrons. The van der Waals surface area contributed by atoms with E-state index in [1.807, 2.05) is 12.1 Å². The van der Waals surface area contributed by atoms with Crippen LogP contribution in [0, 0.1) is 5.92 Å². The molecule has 1 aliphatic rings. The highest BCUT2D eigenvalue weighted by Crippen LogP contribution is 2.17. The Bertz CT molecular complexity index is 525. The number of rotatable bonds is 4. The summed E-state index contributed by atoms with van der Waals surface area (Å²) in [6, 6.07) is 7.21. The number of nitrogens with zero attached hydrogens (tertiary/aromatic N) is 1. The lowest BCUT2D eigenvalue weighted by molar-refractivity contribution is 0.0971. The van der Waals surface area contributed by atoms with Crippen LogP contribution < -0.4 is 10.1 Å². The molecule has 2 rings (SSSR count). The van der Waals surface area contributed by atoms with Gasteiger partial charge in [-0.15, -0.1) is 0 Å². The third-order valence-electron chi connectivity index (χ3n) is 3.86. The third kappa shape index (κ3) is 4.70. The molecule has 1 amide bonds. The summed E-state index contributed by atoms with van der Waals surface area (Å²) in [4.78, 5) is 14.4. The predicted molar refractivity (Wildman–Crippen MR) is 92.3 cm³/mol. The van der Waals surface area contributed by atoms with Crippen LogP contribution in [-0.4, -0.2) is 35.6 Å². The monoisotopic (exact) mass is 320 g/mol. The van der Waals surface area contributed by atoms with Crippen LogP contribution in [0.3, 0.4) is 0 Å². The van der Waals surface area contributed by atoms with E-state index in [-0.39, 0.29) is 5.91 Å². The lowest BCUT2D eigenvalue weighted by Gasteiger charge is -2.32. The summed E-state index contributed by atoms with van der Waals surface area (Å²) in [5.74, 6) is 1.28. The summed E-state index contributed by atoms with van der Waals surface area (Å²) in [5.41, 5.74) is 0.571. The minimum atomic E-state index is -0.175. The van der Waals surface area contributed by atoms with Gasteiger partial charge in [0.05, 0.1) is 6.61 Å². The second-order valence-electron chi connectivity index (χ2n) is 5.81. The van der Waals surface area contributed by atoms with Gasteiger partial charge in [-0.25, -0.2) is 0 Å². The third-order valence-corrected chi connectivity index (χ3v) is 4.22. The van der Waals surface area contributed by atoms with E-state index in [0.717, 1.165) is 38.3 Å². The van der Waals surface area contributed by atoms with Crippen LogP contribution in [0.1, 0.15) is 43.5 Å². The van der Waals surface area contributed by atoms with Gasteiger partial charge in [0, 0.05) is 18.7 Å². The molecule has 0 aliphatic carbocycles. The summed E-state index contributed by atoms with van der Waals surface area (Å²) < 4.78 is 5.56. The van der Waals surface area contributed by atoms with Gasteiger partial charge in [0.2, 0.25) is 0 Å². The van der Waals surface area contributed by atoms with Crippen molar-refractivity contribution in [2.45, 2.75) is 33.1 Å². The maximum Gasteiger partial charge on any atom is 0.257 e. The number of carbonyl (C=O) groups is 1. The molecule has 0 bridgehead atoms. The van der Waals surface area contributed by atoms with Crippen LogP contribution in [0.5, 0.6) is 5.75 Å². The molecule has 1 heterocycles. The molecule has 22 heavy (non-hydrogen) atoms. The molecular formula is C17H24N2O2S. The standard InChI is InChI=1S/C17H24N2O2S/c1-3-11-21-15-6-4-5-14(12-15)16(20)18-17(22)19-9-7-13(2)8-10-19/h4-6,12-13H,3,7-11H2,1-2H3,(H,18,20,22). The number of hydrogen-bond donors (Lipinski definition) is 1. The molecule has 0 unspecified atom stereocenters. The van der Waals surface area contributed by atoms with Gasteiger partial charge in [-0.1, -0.05) is 19.9 Å². The van der Waals surface area contributed by atoms with Gasteiger partial charge >= 0.3 is 0 Å². The number of nitrogens with one attached hydrogen (secondary N) is 1.